The number of ether oxygens (including phenoxy) is 3. The van der Waals surface area contributed by atoms with E-state index in [2.05, 4.69) is 20.4 Å². The molecular formula is C24H22F3N5O4. The number of rotatable bonds is 5. The van der Waals surface area contributed by atoms with E-state index in [0.717, 1.165) is 10.2 Å². The van der Waals surface area contributed by atoms with Gasteiger partial charge < -0.3 is 19.5 Å². The number of pyridine rings is 1. The molecule has 1 aliphatic carbocycles. The summed E-state index contributed by atoms with van der Waals surface area (Å²) in [6, 6.07) is 7.65. The van der Waals surface area contributed by atoms with Gasteiger partial charge in [-0.25, -0.2) is 4.68 Å². The average Bonchev–Trinajstić information content (AvgIpc) is 3.31. The molecule has 0 radical (unpaired) electrons. The summed E-state index contributed by atoms with van der Waals surface area (Å²) in [5.41, 5.74) is 1.97. The minimum atomic E-state index is -4.75. The van der Waals surface area contributed by atoms with E-state index in [9.17, 15) is 18.0 Å². The fourth-order valence-corrected chi connectivity index (χ4v) is 4.72. The molecule has 5 rings (SSSR count). The summed E-state index contributed by atoms with van der Waals surface area (Å²) in [6.07, 6.45) is -2.76. The van der Waals surface area contributed by atoms with Crippen LogP contribution in [0, 0.1) is 0 Å². The zero-order valence-corrected chi connectivity index (χ0v) is 19.6. The number of allylic oxidation sites excluding steroid dienone is 2. The predicted octanol–water partition coefficient (Wildman–Crippen LogP) is 4.13. The van der Waals surface area contributed by atoms with Gasteiger partial charge in [-0.05, 0) is 42.2 Å². The number of ketones is 1. The molecule has 0 saturated heterocycles. The number of aromatic nitrogens is 4. The van der Waals surface area contributed by atoms with Crippen LogP contribution in [-0.2, 0) is 11.0 Å². The molecule has 0 bridgehead atoms. The molecule has 188 valence electrons. The Morgan fingerprint density at radius 3 is 2.36 bits per heavy atom. The van der Waals surface area contributed by atoms with Crippen LogP contribution in [-0.4, -0.2) is 46.9 Å². The van der Waals surface area contributed by atoms with Gasteiger partial charge in [-0.15, -0.1) is 5.10 Å². The van der Waals surface area contributed by atoms with Gasteiger partial charge in [0.1, 0.15) is 6.04 Å². The van der Waals surface area contributed by atoms with Crippen LogP contribution in [0.2, 0.25) is 0 Å². The van der Waals surface area contributed by atoms with Gasteiger partial charge in [-0.3, -0.25) is 9.78 Å². The van der Waals surface area contributed by atoms with Crippen molar-refractivity contribution < 1.29 is 32.2 Å². The molecule has 36 heavy (non-hydrogen) atoms. The predicted molar refractivity (Wildman–Crippen MR) is 121 cm³/mol. The minimum absolute atomic E-state index is 0.102. The number of anilines is 1. The van der Waals surface area contributed by atoms with Gasteiger partial charge in [0.05, 0.1) is 27.0 Å². The number of hydrogen-bond donors (Lipinski definition) is 1. The Balaban J connectivity index is 1.60. The third-order valence-corrected chi connectivity index (χ3v) is 6.30. The number of hydrogen-bond acceptors (Lipinski definition) is 8. The molecule has 2 unspecified atom stereocenters. The van der Waals surface area contributed by atoms with Gasteiger partial charge in [0, 0.05) is 23.9 Å². The quantitative estimate of drug-likeness (QED) is 0.557. The lowest BCUT2D eigenvalue weighted by molar-refractivity contribution is -0.145. The number of fused-ring (bicyclic) bond motifs is 1. The van der Waals surface area contributed by atoms with E-state index in [1.807, 2.05) is 0 Å². The van der Waals surface area contributed by atoms with E-state index in [1.54, 1.807) is 30.3 Å². The maximum atomic E-state index is 13.5. The van der Waals surface area contributed by atoms with Crippen LogP contribution < -0.4 is 19.5 Å². The summed E-state index contributed by atoms with van der Waals surface area (Å²) in [5.74, 6) is -0.612. The second kappa shape index (κ2) is 8.85. The normalized spacial score (nSPS) is 19.3. The zero-order valence-electron chi connectivity index (χ0n) is 19.6. The summed E-state index contributed by atoms with van der Waals surface area (Å²) < 4.78 is 57.7. The summed E-state index contributed by atoms with van der Waals surface area (Å²) in [6.45, 7) is 0. The Morgan fingerprint density at radius 2 is 1.78 bits per heavy atom. The van der Waals surface area contributed by atoms with Crippen LogP contribution in [0.15, 0.2) is 47.8 Å². The van der Waals surface area contributed by atoms with Gasteiger partial charge in [0.25, 0.3) is 5.82 Å². The number of benzene rings is 1. The molecule has 0 saturated carbocycles. The molecule has 1 aliphatic heterocycles. The first-order chi connectivity index (χ1) is 17.2. The summed E-state index contributed by atoms with van der Waals surface area (Å²) in [5, 5.41) is 6.63. The fourth-order valence-electron chi connectivity index (χ4n) is 4.72. The molecule has 1 N–H and O–H groups in total. The van der Waals surface area contributed by atoms with Crippen molar-refractivity contribution in [2.45, 2.75) is 31.0 Å². The molecule has 3 heterocycles. The maximum Gasteiger partial charge on any atom is 0.453 e. The highest BCUT2D eigenvalue weighted by molar-refractivity contribution is 6.00. The molecule has 3 aromatic rings. The van der Waals surface area contributed by atoms with Crippen molar-refractivity contribution in [2.75, 3.05) is 26.6 Å². The second-order valence-corrected chi connectivity index (χ2v) is 8.36. The van der Waals surface area contributed by atoms with Gasteiger partial charge in [-0.2, -0.15) is 18.2 Å². The lowest BCUT2D eigenvalue weighted by Crippen LogP contribution is -2.34. The van der Waals surface area contributed by atoms with Gasteiger partial charge in [0.2, 0.25) is 11.7 Å². The van der Waals surface area contributed by atoms with Crippen molar-refractivity contribution in [3.63, 3.8) is 0 Å². The maximum absolute atomic E-state index is 13.5. The number of Topliss-reactive ketones (excluding diaryl/α,β-unsaturated/α-hetero) is 1. The van der Waals surface area contributed by atoms with E-state index in [1.165, 1.54) is 27.5 Å². The smallest absolute Gasteiger partial charge is 0.453 e. The lowest BCUT2D eigenvalue weighted by atomic mass is 9.78. The number of carbonyl (C=O) groups excluding carboxylic acids is 1. The number of nitrogens with zero attached hydrogens (tertiary/aromatic N) is 4. The number of carbonyl (C=O) groups is 1. The number of methoxy groups -OCH3 is 3. The monoisotopic (exact) mass is 501 g/mol. The Kier molecular flexibility index (Phi) is 5.81. The van der Waals surface area contributed by atoms with Crippen molar-refractivity contribution in [3.8, 4) is 17.2 Å². The largest absolute Gasteiger partial charge is 0.493 e. The molecule has 0 amide bonds. The van der Waals surface area contributed by atoms with Gasteiger partial charge in [-0.1, -0.05) is 6.07 Å². The van der Waals surface area contributed by atoms with Crippen molar-refractivity contribution in [1.82, 2.24) is 19.7 Å². The second-order valence-electron chi connectivity index (χ2n) is 8.36. The molecule has 0 spiro atoms. The molecule has 1 aromatic carbocycles. The third kappa shape index (κ3) is 3.91. The topological polar surface area (TPSA) is 100 Å². The highest BCUT2D eigenvalue weighted by Gasteiger charge is 2.44. The van der Waals surface area contributed by atoms with Crippen LogP contribution >= 0.6 is 0 Å². The highest BCUT2D eigenvalue weighted by Crippen LogP contribution is 2.47. The molecule has 9 nitrogen and oxygen atoms in total. The molecule has 0 fully saturated rings. The van der Waals surface area contributed by atoms with Crippen molar-refractivity contribution >= 4 is 11.7 Å². The zero-order chi connectivity index (χ0) is 25.6. The van der Waals surface area contributed by atoms with Crippen molar-refractivity contribution in [1.29, 1.82) is 0 Å². The van der Waals surface area contributed by atoms with Gasteiger partial charge >= 0.3 is 6.18 Å². The van der Waals surface area contributed by atoms with Crippen LogP contribution in [0.4, 0.5) is 19.1 Å². The Morgan fingerprint density at radius 1 is 1.06 bits per heavy atom. The van der Waals surface area contributed by atoms with Crippen molar-refractivity contribution in [3.05, 3.63) is 64.9 Å². The standard InChI is InChI=1S/C24H22F3N5O4/c1-34-17-10-13(11-18(35-2)21(17)36-3)12-8-15-19(16(33)9-12)20(14-6-4-5-7-28-14)32-23(29-15)30-22(31-32)24(25,26)27/h4-7,10-12,20H,8-9H2,1-3H3,(H,29,30,31). The van der Waals surface area contributed by atoms with E-state index < -0.39 is 18.0 Å². The molecular weight excluding hydrogens is 479 g/mol. The number of alkyl halides is 3. The number of halogens is 3. The van der Waals surface area contributed by atoms with Crippen LogP contribution in [0.3, 0.4) is 0 Å². The summed E-state index contributed by atoms with van der Waals surface area (Å²) in [4.78, 5) is 21.5. The first-order valence-electron chi connectivity index (χ1n) is 11.0. The highest BCUT2D eigenvalue weighted by atomic mass is 19.4. The Bertz CT molecular complexity index is 1330. The van der Waals surface area contributed by atoms with Crippen LogP contribution in [0.1, 0.15) is 41.9 Å². The fraction of sp³-hybridized carbons (Fsp3) is 0.333. The Labute approximate surface area is 203 Å². The van der Waals surface area contributed by atoms with E-state index in [0.29, 0.717) is 40.6 Å². The third-order valence-electron chi connectivity index (χ3n) is 6.30. The van der Waals surface area contributed by atoms with Gasteiger partial charge in [0.15, 0.2) is 17.3 Å². The molecule has 2 aromatic heterocycles. The summed E-state index contributed by atoms with van der Waals surface area (Å²) >= 11 is 0. The molecule has 2 atom stereocenters. The Hall–Kier alpha value is -4.09. The van der Waals surface area contributed by atoms with E-state index in [-0.39, 0.29) is 24.1 Å². The van der Waals surface area contributed by atoms with Crippen LogP contribution in [0.25, 0.3) is 0 Å². The minimum Gasteiger partial charge on any atom is -0.493 e. The van der Waals surface area contributed by atoms with E-state index in [4.69, 9.17) is 14.2 Å². The molecule has 2 aliphatic rings. The lowest BCUT2D eigenvalue weighted by Gasteiger charge is -2.34. The first-order valence-corrected chi connectivity index (χ1v) is 11.0. The SMILES string of the molecule is COc1cc(C2CC(=O)C3=C(C2)Nc2nc(C(F)(F)F)nn2C3c2ccccn2)cc(OC)c1OC. The number of nitrogens with one attached hydrogen (secondary N) is 1. The summed E-state index contributed by atoms with van der Waals surface area (Å²) in [7, 11) is 4.49. The van der Waals surface area contributed by atoms with E-state index >= 15 is 0 Å². The average molecular weight is 501 g/mol. The van der Waals surface area contributed by atoms with Crippen molar-refractivity contribution in [2.24, 2.45) is 0 Å². The first kappa shape index (κ1) is 23.6. The molecule has 12 heteroatoms. The van der Waals surface area contributed by atoms with Crippen LogP contribution in [0.5, 0.6) is 17.2 Å².